The van der Waals surface area contributed by atoms with Gasteiger partial charge in [0.2, 0.25) is 5.76 Å². The molecule has 1 amide bonds. The highest BCUT2D eigenvalue weighted by Crippen LogP contribution is 2.38. The van der Waals surface area contributed by atoms with E-state index in [-0.39, 0.29) is 17.1 Å². The van der Waals surface area contributed by atoms with Crippen molar-refractivity contribution < 1.29 is 13.9 Å². The SMILES string of the molecule is CCN(CC)CCCN1C(=O)c2oc3ccccc3c(=O)c2[C@H]1c1ccc(OC)cc1. The summed E-state index contributed by atoms with van der Waals surface area (Å²) in [5.74, 6) is 0.664. The smallest absolute Gasteiger partial charge is 0.290 e. The third-order valence-corrected chi connectivity index (χ3v) is 6.07. The number of amides is 1. The van der Waals surface area contributed by atoms with Gasteiger partial charge < -0.3 is 19.0 Å². The number of nitrogens with zero attached hydrogens (tertiary/aromatic N) is 2. The maximum absolute atomic E-state index is 13.4. The Hall–Kier alpha value is -3.12. The zero-order chi connectivity index (χ0) is 22.0. The maximum atomic E-state index is 13.4. The van der Waals surface area contributed by atoms with Crippen molar-refractivity contribution in [2.75, 3.05) is 33.3 Å². The second-order valence-corrected chi connectivity index (χ2v) is 7.72. The number of carbonyl (C=O) groups excluding carboxylic acids is 1. The van der Waals surface area contributed by atoms with Crippen LogP contribution in [0.3, 0.4) is 0 Å². The van der Waals surface area contributed by atoms with E-state index in [1.165, 1.54) is 0 Å². The van der Waals surface area contributed by atoms with Crippen LogP contribution in [0, 0.1) is 0 Å². The van der Waals surface area contributed by atoms with Crippen LogP contribution in [0.5, 0.6) is 5.75 Å². The minimum Gasteiger partial charge on any atom is -0.497 e. The van der Waals surface area contributed by atoms with Crippen molar-refractivity contribution in [1.82, 2.24) is 9.80 Å². The van der Waals surface area contributed by atoms with Crippen LogP contribution in [-0.2, 0) is 0 Å². The lowest BCUT2D eigenvalue weighted by atomic mass is 9.98. The Bertz CT molecular complexity index is 1130. The number of ether oxygens (including phenoxy) is 1. The van der Waals surface area contributed by atoms with Crippen molar-refractivity contribution in [1.29, 1.82) is 0 Å². The van der Waals surface area contributed by atoms with Crippen LogP contribution >= 0.6 is 0 Å². The average Bonchev–Trinajstić information content (AvgIpc) is 3.09. The number of rotatable bonds is 8. The van der Waals surface area contributed by atoms with Gasteiger partial charge in [0.05, 0.1) is 24.1 Å². The molecule has 4 rings (SSSR count). The van der Waals surface area contributed by atoms with E-state index in [1.54, 1.807) is 30.2 Å². The minimum atomic E-state index is -0.467. The molecule has 0 bridgehead atoms. The van der Waals surface area contributed by atoms with Crippen molar-refractivity contribution in [2.24, 2.45) is 0 Å². The van der Waals surface area contributed by atoms with Gasteiger partial charge in [-0.3, -0.25) is 9.59 Å². The second kappa shape index (κ2) is 8.94. The fourth-order valence-electron chi connectivity index (χ4n) is 4.34. The van der Waals surface area contributed by atoms with Gasteiger partial charge in [-0.25, -0.2) is 0 Å². The van der Waals surface area contributed by atoms with Crippen LogP contribution in [-0.4, -0.2) is 49.0 Å². The zero-order valence-electron chi connectivity index (χ0n) is 18.3. The van der Waals surface area contributed by atoms with Crippen molar-refractivity contribution in [3.63, 3.8) is 0 Å². The Balaban J connectivity index is 1.77. The first kappa shape index (κ1) is 21.1. The lowest BCUT2D eigenvalue weighted by Crippen LogP contribution is -2.33. The van der Waals surface area contributed by atoms with Gasteiger partial charge in [-0.1, -0.05) is 38.1 Å². The van der Waals surface area contributed by atoms with E-state index in [9.17, 15) is 9.59 Å². The Morgan fingerprint density at radius 3 is 2.42 bits per heavy atom. The molecule has 31 heavy (non-hydrogen) atoms. The van der Waals surface area contributed by atoms with Crippen molar-refractivity contribution in [2.45, 2.75) is 26.3 Å². The highest BCUT2D eigenvalue weighted by Gasteiger charge is 2.42. The van der Waals surface area contributed by atoms with Gasteiger partial charge in [-0.15, -0.1) is 0 Å². The maximum Gasteiger partial charge on any atom is 0.290 e. The zero-order valence-corrected chi connectivity index (χ0v) is 18.3. The molecule has 0 saturated heterocycles. The van der Waals surface area contributed by atoms with E-state index >= 15 is 0 Å². The van der Waals surface area contributed by atoms with Gasteiger partial charge in [-0.05, 0) is 55.9 Å². The molecule has 0 spiro atoms. The highest BCUT2D eigenvalue weighted by atomic mass is 16.5. The molecule has 1 aliphatic rings. The third-order valence-electron chi connectivity index (χ3n) is 6.07. The molecular formula is C25H28N2O4. The Morgan fingerprint density at radius 1 is 1.03 bits per heavy atom. The molecule has 1 aromatic heterocycles. The summed E-state index contributed by atoms with van der Waals surface area (Å²) in [6, 6.07) is 14.2. The second-order valence-electron chi connectivity index (χ2n) is 7.72. The fourth-order valence-corrected chi connectivity index (χ4v) is 4.34. The van der Waals surface area contributed by atoms with Crippen molar-refractivity contribution in [3.05, 3.63) is 75.6 Å². The number of carbonyl (C=O) groups is 1. The lowest BCUT2D eigenvalue weighted by molar-refractivity contribution is 0.0720. The van der Waals surface area contributed by atoms with Gasteiger partial charge in [0.1, 0.15) is 11.3 Å². The number of fused-ring (bicyclic) bond motifs is 2. The normalized spacial score (nSPS) is 15.7. The van der Waals surface area contributed by atoms with Crippen molar-refractivity contribution >= 4 is 16.9 Å². The molecule has 1 atom stereocenters. The molecule has 0 N–H and O–H groups in total. The molecule has 2 heterocycles. The predicted octanol–water partition coefficient (Wildman–Crippen LogP) is 4.08. The lowest BCUT2D eigenvalue weighted by Gasteiger charge is -2.26. The van der Waals surface area contributed by atoms with E-state index in [1.807, 2.05) is 30.3 Å². The van der Waals surface area contributed by atoms with E-state index in [2.05, 4.69) is 18.7 Å². The monoisotopic (exact) mass is 420 g/mol. The third kappa shape index (κ3) is 3.83. The topological polar surface area (TPSA) is 63.0 Å². The average molecular weight is 421 g/mol. The number of hydrogen-bond donors (Lipinski definition) is 0. The van der Waals surface area contributed by atoms with Crippen LogP contribution in [0.1, 0.15) is 48.0 Å². The standard InChI is InChI=1S/C25H28N2O4/c1-4-26(5-2)15-8-16-27-22(17-11-13-18(30-3)14-12-17)21-23(28)19-9-6-7-10-20(19)31-24(21)25(27)29/h6-7,9-14,22H,4-5,8,15-16H2,1-3H3/t22-/m1/s1. The van der Waals surface area contributed by atoms with Crippen LogP contribution in [0.4, 0.5) is 0 Å². The molecule has 0 fully saturated rings. The summed E-state index contributed by atoms with van der Waals surface area (Å²) < 4.78 is 11.2. The quantitative estimate of drug-likeness (QED) is 0.550. The molecular weight excluding hydrogens is 392 g/mol. The summed E-state index contributed by atoms with van der Waals surface area (Å²) in [5.41, 5.74) is 1.60. The van der Waals surface area contributed by atoms with Gasteiger partial charge >= 0.3 is 0 Å². The minimum absolute atomic E-state index is 0.141. The first-order valence-electron chi connectivity index (χ1n) is 10.8. The molecule has 1 aliphatic heterocycles. The van der Waals surface area contributed by atoms with E-state index in [4.69, 9.17) is 9.15 Å². The molecule has 6 nitrogen and oxygen atoms in total. The Morgan fingerprint density at radius 2 is 1.74 bits per heavy atom. The van der Waals surface area contributed by atoms with Gasteiger partial charge in [0, 0.05) is 6.54 Å². The molecule has 6 heteroatoms. The Kier molecular flexibility index (Phi) is 6.09. The van der Waals surface area contributed by atoms with E-state index in [0.717, 1.165) is 37.4 Å². The van der Waals surface area contributed by atoms with Gasteiger partial charge in [0.25, 0.3) is 5.91 Å². The number of hydrogen-bond acceptors (Lipinski definition) is 5. The summed E-state index contributed by atoms with van der Waals surface area (Å²) in [6.45, 7) is 7.65. The molecule has 0 unspecified atom stereocenters. The molecule has 162 valence electrons. The first-order valence-corrected chi connectivity index (χ1v) is 10.8. The summed E-state index contributed by atoms with van der Waals surface area (Å²) in [5, 5.41) is 0.498. The molecule has 0 aliphatic carbocycles. The van der Waals surface area contributed by atoms with Gasteiger partial charge in [-0.2, -0.15) is 0 Å². The summed E-state index contributed by atoms with van der Waals surface area (Å²) in [7, 11) is 1.61. The largest absolute Gasteiger partial charge is 0.497 e. The van der Waals surface area contributed by atoms with E-state index < -0.39 is 6.04 Å². The summed E-state index contributed by atoms with van der Waals surface area (Å²) >= 11 is 0. The molecule has 0 radical (unpaired) electrons. The summed E-state index contributed by atoms with van der Waals surface area (Å²) in [6.07, 6.45) is 0.821. The van der Waals surface area contributed by atoms with Crippen LogP contribution < -0.4 is 10.2 Å². The first-order chi connectivity index (χ1) is 15.1. The number of benzene rings is 2. The van der Waals surface area contributed by atoms with Gasteiger partial charge in [0.15, 0.2) is 5.43 Å². The fraction of sp³-hybridized carbons (Fsp3) is 0.360. The number of para-hydroxylation sites is 1. The van der Waals surface area contributed by atoms with Crippen LogP contribution in [0.15, 0.2) is 57.7 Å². The number of methoxy groups -OCH3 is 1. The van der Waals surface area contributed by atoms with Crippen LogP contribution in [0.2, 0.25) is 0 Å². The molecule has 0 saturated carbocycles. The summed E-state index contributed by atoms with van der Waals surface area (Å²) in [4.78, 5) is 30.9. The van der Waals surface area contributed by atoms with Crippen molar-refractivity contribution in [3.8, 4) is 5.75 Å². The molecule has 2 aromatic carbocycles. The Labute approximate surface area is 182 Å². The predicted molar refractivity (Wildman–Crippen MR) is 121 cm³/mol. The molecule has 3 aromatic rings. The highest BCUT2D eigenvalue weighted by molar-refractivity contribution is 5.99. The van der Waals surface area contributed by atoms with E-state index in [0.29, 0.717) is 23.1 Å². The van der Waals surface area contributed by atoms with Crippen LogP contribution in [0.25, 0.3) is 11.0 Å².